The van der Waals surface area contributed by atoms with Gasteiger partial charge in [-0.15, -0.1) is 0 Å². The first-order valence-corrected chi connectivity index (χ1v) is 8.62. The van der Waals surface area contributed by atoms with Gasteiger partial charge in [-0.05, 0) is 43.4 Å². The second-order valence-corrected chi connectivity index (χ2v) is 6.86. The lowest BCUT2D eigenvalue weighted by atomic mass is 9.84. The Morgan fingerprint density at radius 1 is 1.40 bits per heavy atom. The van der Waals surface area contributed by atoms with Gasteiger partial charge in [0, 0.05) is 19.1 Å². The van der Waals surface area contributed by atoms with Crippen molar-refractivity contribution in [3.8, 4) is 5.75 Å². The molecular weight excluding hydrogens is 322 g/mol. The van der Waals surface area contributed by atoms with Gasteiger partial charge in [0.15, 0.2) is 0 Å². The molecule has 1 fully saturated rings. The molecule has 0 aliphatic carbocycles. The van der Waals surface area contributed by atoms with Crippen LogP contribution in [0, 0.1) is 11.8 Å². The smallest absolute Gasteiger partial charge is 0.306 e. The van der Waals surface area contributed by atoms with E-state index in [2.05, 4.69) is 5.32 Å². The monoisotopic (exact) mass is 349 g/mol. The summed E-state index contributed by atoms with van der Waals surface area (Å²) in [6.07, 6.45) is 1.50. The number of aliphatic carboxylic acids is 1. The first-order chi connectivity index (χ1) is 11.9. The molecule has 2 atom stereocenters. The highest BCUT2D eigenvalue weighted by atomic mass is 16.5. The molecule has 0 saturated carbocycles. The Morgan fingerprint density at radius 2 is 2.08 bits per heavy atom. The van der Waals surface area contributed by atoms with Crippen molar-refractivity contribution in [3.05, 3.63) is 29.8 Å². The van der Waals surface area contributed by atoms with Crippen molar-refractivity contribution in [3.63, 3.8) is 0 Å². The Morgan fingerprint density at radius 3 is 2.68 bits per heavy atom. The number of methoxy groups -OCH3 is 1. The number of carboxylic acids is 1. The summed E-state index contributed by atoms with van der Waals surface area (Å²) in [6, 6.07) is 7.16. The van der Waals surface area contributed by atoms with E-state index in [1.807, 2.05) is 13.0 Å². The van der Waals surface area contributed by atoms with Crippen LogP contribution >= 0.6 is 0 Å². The van der Waals surface area contributed by atoms with Crippen LogP contribution < -0.4 is 10.1 Å². The molecule has 1 heterocycles. The van der Waals surface area contributed by atoms with E-state index < -0.39 is 11.5 Å². The van der Waals surface area contributed by atoms with Gasteiger partial charge in [0.05, 0.1) is 19.1 Å². The molecule has 0 radical (unpaired) electrons. The normalized spacial score (nSPS) is 18.8. The second kappa shape index (κ2) is 8.34. The summed E-state index contributed by atoms with van der Waals surface area (Å²) in [6.45, 7) is 4.98. The standard InChI is InChI=1S/C19H27NO5/c1-13(14-7-9-25-10-8-14)18(23)20-19(2,12-17(21)22)15-5-4-6-16(11-15)24-3/h4-6,11,13-14H,7-10,12H2,1-3H3,(H,20,23)(H,21,22). The average molecular weight is 349 g/mol. The van der Waals surface area contributed by atoms with Gasteiger partial charge in [-0.1, -0.05) is 19.1 Å². The lowest BCUT2D eigenvalue weighted by Gasteiger charge is -2.34. The third kappa shape index (κ3) is 4.95. The Kier molecular flexibility index (Phi) is 6.42. The minimum absolute atomic E-state index is 0.126. The minimum Gasteiger partial charge on any atom is -0.497 e. The number of hydrogen-bond donors (Lipinski definition) is 2. The predicted molar refractivity (Wildman–Crippen MR) is 93.4 cm³/mol. The zero-order chi connectivity index (χ0) is 18.4. The van der Waals surface area contributed by atoms with Crippen molar-refractivity contribution >= 4 is 11.9 Å². The van der Waals surface area contributed by atoms with Crippen molar-refractivity contribution in [1.29, 1.82) is 0 Å². The van der Waals surface area contributed by atoms with Gasteiger partial charge in [-0.3, -0.25) is 9.59 Å². The molecule has 6 heteroatoms. The lowest BCUT2D eigenvalue weighted by molar-refractivity contribution is -0.139. The highest BCUT2D eigenvalue weighted by Gasteiger charge is 2.35. The molecule has 25 heavy (non-hydrogen) atoms. The van der Waals surface area contributed by atoms with Gasteiger partial charge >= 0.3 is 5.97 Å². The number of ether oxygens (including phenoxy) is 2. The zero-order valence-electron chi connectivity index (χ0n) is 15.1. The van der Waals surface area contributed by atoms with E-state index in [9.17, 15) is 14.7 Å². The van der Waals surface area contributed by atoms with E-state index in [1.165, 1.54) is 0 Å². The van der Waals surface area contributed by atoms with E-state index in [0.717, 1.165) is 12.8 Å². The van der Waals surface area contributed by atoms with Gasteiger partial charge in [-0.2, -0.15) is 0 Å². The summed E-state index contributed by atoms with van der Waals surface area (Å²) < 4.78 is 10.6. The van der Waals surface area contributed by atoms with Gasteiger partial charge in [0.25, 0.3) is 0 Å². The molecular formula is C19H27NO5. The third-order valence-electron chi connectivity index (χ3n) is 5.00. The Hall–Kier alpha value is -2.08. The second-order valence-electron chi connectivity index (χ2n) is 6.86. The van der Waals surface area contributed by atoms with Crippen LogP contribution in [0.3, 0.4) is 0 Å². The third-order valence-corrected chi connectivity index (χ3v) is 5.00. The minimum atomic E-state index is -1.00. The summed E-state index contributed by atoms with van der Waals surface area (Å²) in [5.74, 6) is -0.403. The quantitative estimate of drug-likeness (QED) is 0.790. The Labute approximate surface area is 148 Å². The van der Waals surface area contributed by atoms with Crippen molar-refractivity contribution in [2.75, 3.05) is 20.3 Å². The maximum absolute atomic E-state index is 12.8. The van der Waals surface area contributed by atoms with Crippen LogP contribution in [-0.4, -0.2) is 37.3 Å². The number of carboxylic acid groups (broad SMARTS) is 1. The van der Waals surface area contributed by atoms with Gasteiger partial charge in [-0.25, -0.2) is 0 Å². The summed E-state index contributed by atoms with van der Waals surface area (Å²) in [7, 11) is 1.56. The van der Waals surface area contributed by atoms with Crippen molar-refractivity contribution in [1.82, 2.24) is 5.32 Å². The highest BCUT2D eigenvalue weighted by Crippen LogP contribution is 2.30. The van der Waals surface area contributed by atoms with Gasteiger partial charge in [0.1, 0.15) is 5.75 Å². The fraction of sp³-hybridized carbons (Fsp3) is 0.579. The first kappa shape index (κ1) is 19.2. The summed E-state index contributed by atoms with van der Waals surface area (Å²) >= 11 is 0. The number of carbonyl (C=O) groups excluding carboxylic acids is 1. The topological polar surface area (TPSA) is 84.9 Å². The molecule has 6 nitrogen and oxygen atoms in total. The number of benzene rings is 1. The van der Waals surface area contributed by atoms with Crippen LogP contribution in [0.1, 0.15) is 38.7 Å². The van der Waals surface area contributed by atoms with Crippen molar-refractivity contribution in [2.24, 2.45) is 11.8 Å². The van der Waals surface area contributed by atoms with Crippen LogP contribution in [0.4, 0.5) is 0 Å². The van der Waals surface area contributed by atoms with E-state index in [1.54, 1.807) is 32.2 Å². The van der Waals surface area contributed by atoms with Gasteiger partial charge < -0.3 is 19.9 Å². The van der Waals surface area contributed by atoms with Crippen LogP contribution in [0.5, 0.6) is 5.75 Å². The highest BCUT2D eigenvalue weighted by molar-refractivity contribution is 5.81. The molecule has 1 aliphatic rings. The molecule has 2 N–H and O–H groups in total. The van der Waals surface area contributed by atoms with Crippen LogP contribution in [0.2, 0.25) is 0 Å². The van der Waals surface area contributed by atoms with E-state index in [-0.39, 0.29) is 24.2 Å². The van der Waals surface area contributed by atoms with Crippen LogP contribution in [-0.2, 0) is 19.9 Å². The lowest BCUT2D eigenvalue weighted by Crippen LogP contribution is -2.48. The Bertz CT molecular complexity index is 612. The van der Waals surface area contributed by atoms with E-state index >= 15 is 0 Å². The molecule has 1 saturated heterocycles. The van der Waals surface area contributed by atoms with E-state index in [0.29, 0.717) is 24.5 Å². The maximum Gasteiger partial charge on any atom is 0.306 e. The molecule has 1 aromatic carbocycles. The molecule has 1 amide bonds. The van der Waals surface area contributed by atoms with Crippen LogP contribution in [0.25, 0.3) is 0 Å². The largest absolute Gasteiger partial charge is 0.497 e. The number of rotatable bonds is 7. The molecule has 0 bridgehead atoms. The maximum atomic E-state index is 12.8. The average Bonchev–Trinajstić information content (AvgIpc) is 2.61. The SMILES string of the molecule is COc1cccc(C(C)(CC(=O)O)NC(=O)C(C)C2CCOCC2)c1. The first-order valence-electron chi connectivity index (χ1n) is 8.62. The van der Waals surface area contributed by atoms with Gasteiger partial charge in [0.2, 0.25) is 5.91 Å². The van der Waals surface area contributed by atoms with Crippen LogP contribution in [0.15, 0.2) is 24.3 Å². The molecule has 2 unspecified atom stereocenters. The molecule has 1 aromatic rings. The zero-order valence-corrected chi connectivity index (χ0v) is 15.1. The molecule has 0 aromatic heterocycles. The predicted octanol–water partition coefficient (Wildman–Crippen LogP) is 2.56. The molecule has 2 rings (SSSR count). The number of carbonyl (C=O) groups is 2. The summed E-state index contributed by atoms with van der Waals surface area (Å²) in [4.78, 5) is 24.2. The van der Waals surface area contributed by atoms with Crippen molar-refractivity contribution < 1.29 is 24.2 Å². The molecule has 1 aliphatic heterocycles. The van der Waals surface area contributed by atoms with Crippen molar-refractivity contribution in [2.45, 2.75) is 38.6 Å². The number of hydrogen-bond acceptors (Lipinski definition) is 4. The fourth-order valence-electron chi connectivity index (χ4n) is 3.30. The number of nitrogens with one attached hydrogen (secondary N) is 1. The summed E-state index contributed by atoms with van der Waals surface area (Å²) in [5.41, 5.74) is -0.293. The fourth-order valence-corrected chi connectivity index (χ4v) is 3.30. The molecule has 0 spiro atoms. The Balaban J connectivity index is 2.20. The summed E-state index contributed by atoms with van der Waals surface area (Å²) in [5, 5.41) is 12.3. The molecule has 138 valence electrons. The van der Waals surface area contributed by atoms with E-state index in [4.69, 9.17) is 9.47 Å². The number of amides is 1.